The number of aromatic nitrogens is 1. The van der Waals surface area contributed by atoms with Crippen LogP contribution in [0.1, 0.15) is 39.2 Å². The lowest BCUT2D eigenvalue weighted by atomic mass is 9.89. The first-order valence-electron chi connectivity index (χ1n) is 10.9. The van der Waals surface area contributed by atoms with Gasteiger partial charge in [-0.25, -0.2) is 13.2 Å². The first-order valence-corrected chi connectivity index (χ1v) is 12.8. The normalized spacial score (nSPS) is 19.4. The summed E-state index contributed by atoms with van der Waals surface area (Å²) in [7, 11) is -3.22. The molecule has 0 spiro atoms. The average Bonchev–Trinajstić information content (AvgIpc) is 3.15. The number of hydrogen-bond acceptors (Lipinski definition) is 6. The number of carbonyl (C=O) groups is 1. The summed E-state index contributed by atoms with van der Waals surface area (Å²) in [6, 6.07) is 8.81. The molecule has 0 bridgehead atoms. The highest BCUT2D eigenvalue weighted by Gasteiger charge is 2.35. The highest BCUT2D eigenvalue weighted by molar-refractivity contribution is 7.90. The summed E-state index contributed by atoms with van der Waals surface area (Å²) in [6.45, 7) is 6.98. The van der Waals surface area contributed by atoms with E-state index in [0.29, 0.717) is 23.9 Å². The molecule has 8 heteroatoms. The zero-order chi connectivity index (χ0) is 23.1. The van der Waals surface area contributed by atoms with Crippen molar-refractivity contribution in [1.82, 2.24) is 9.88 Å². The van der Waals surface area contributed by atoms with Gasteiger partial charge < -0.3 is 14.4 Å². The predicted molar refractivity (Wildman–Crippen MR) is 121 cm³/mol. The van der Waals surface area contributed by atoms with Gasteiger partial charge in [0, 0.05) is 36.9 Å². The van der Waals surface area contributed by atoms with Gasteiger partial charge >= 0.3 is 6.09 Å². The van der Waals surface area contributed by atoms with Crippen molar-refractivity contribution in [2.45, 2.75) is 56.6 Å². The molecule has 1 atom stereocenters. The second-order valence-electron chi connectivity index (χ2n) is 9.64. The van der Waals surface area contributed by atoms with Crippen molar-refractivity contribution in [3.63, 3.8) is 0 Å². The van der Waals surface area contributed by atoms with Gasteiger partial charge in [0.2, 0.25) is 0 Å². The van der Waals surface area contributed by atoms with E-state index in [0.717, 1.165) is 41.8 Å². The largest absolute Gasteiger partial charge is 0.488 e. The Morgan fingerprint density at radius 1 is 1.16 bits per heavy atom. The molecule has 2 aliphatic heterocycles. The number of nitrogens with zero attached hydrogens (tertiary/aromatic N) is 2. The van der Waals surface area contributed by atoms with Crippen molar-refractivity contribution in [2.24, 2.45) is 5.92 Å². The fraction of sp³-hybridized carbons (Fsp3) is 0.500. The molecule has 7 nitrogen and oxygen atoms in total. The molecular weight excluding hydrogens is 428 g/mol. The lowest BCUT2D eigenvalue weighted by Gasteiger charge is -2.35. The number of ether oxygens (including phenoxy) is 2. The molecule has 1 amide bonds. The van der Waals surface area contributed by atoms with Gasteiger partial charge in [0.25, 0.3) is 0 Å². The Kier molecular flexibility index (Phi) is 5.92. The topological polar surface area (TPSA) is 85.8 Å². The first-order chi connectivity index (χ1) is 15.0. The lowest BCUT2D eigenvalue weighted by molar-refractivity contribution is 0.0123. The second kappa shape index (κ2) is 8.39. The Morgan fingerprint density at radius 2 is 1.81 bits per heavy atom. The van der Waals surface area contributed by atoms with E-state index in [2.05, 4.69) is 4.98 Å². The number of hydrogen-bond donors (Lipinski definition) is 0. The molecular formula is C24H30N2O5S. The summed E-state index contributed by atoms with van der Waals surface area (Å²) >= 11 is 0. The number of rotatable bonds is 3. The van der Waals surface area contributed by atoms with E-state index in [1.807, 2.05) is 26.8 Å². The summed E-state index contributed by atoms with van der Waals surface area (Å²) in [5.74, 6) is 1.18. The van der Waals surface area contributed by atoms with E-state index in [-0.39, 0.29) is 12.2 Å². The van der Waals surface area contributed by atoms with Crippen LogP contribution in [0.5, 0.6) is 5.75 Å². The quantitative estimate of drug-likeness (QED) is 0.688. The van der Waals surface area contributed by atoms with Crippen LogP contribution in [0.15, 0.2) is 41.4 Å². The number of carbonyl (C=O) groups excluding carboxylic acids is 1. The minimum atomic E-state index is -3.22. The molecule has 0 N–H and O–H groups in total. The average molecular weight is 459 g/mol. The molecule has 32 heavy (non-hydrogen) atoms. The van der Waals surface area contributed by atoms with E-state index in [4.69, 9.17) is 9.47 Å². The maximum absolute atomic E-state index is 12.3. The Bertz CT molecular complexity index is 1100. The van der Waals surface area contributed by atoms with Crippen molar-refractivity contribution in [3.05, 3.63) is 42.1 Å². The highest BCUT2D eigenvalue weighted by atomic mass is 32.2. The summed E-state index contributed by atoms with van der Waals surface area (Å²) < 4.78 is 35.0. The molecule has 1 saturated heterocycles. The lowest BCUT2D eigenvalue weighted by Crippen LogP contribution is -2.44. The Morgan fingerprint density at radius 3 is 2.41 bits per heavy atom. The third-order valence-corrected chi connectivity index (χ3v) is 7.07. The summed E-state index contributed by atoms with van der Waals surface area (Å²) in [4.78, 5) is 18.9. The number of piperidine rings is 1. The van der Waals surface area contributed by atoms with Gasteiger partial charge in [0.1, 0.15) is 17.5 Å². The number of sulfone groups is 1. The van der Waals surface area contributed by atoms with Crippen LogP contribution >= 0.6 is 0 Å². The van der Waals surface area contributed by atoms with E-state index < -0.39 is 15.4 Å². The van der Waals surface area contributed by atoms with Gasteiger partial charge in [-0.15, -0.1) is 0 Å². The third-order valence-electron chi connectivity index (χ3n) is 5.94. The van der Waals surface area contributed by atoms with Gasteiger partial charge in [-0.2, -0.15) is 0 Å². The van der Waals surface area contributed by atoms with E-state index >= 15 is 0 Å². The molecule has 0 radical (unpaired) electrons. The van der Waals surface area contributed by atoms with E-state index in [9.17, 15) is 13.2 Å². The standard InChI is InChI=1S/C24H30N2O5S/c1-24(2,3)31-23(27)26-11-9-17(10-12-26)21-14-18-13-20(25-15-22(18)30-21)16-5-7-19(8-6-16)32(4,28)29/h5-8,13,15,17,21H,9-12,14H2,1-4H3/t21-/m1/s1. The molecule has 2 aliphatic rings. The Labute approximate surface area is 189 Å². The number of pyridine rings is 1. The minimum absolute atomic E-state index is 0.0791. The van der Waals surface area contributed by atoms with Gasteiger partial charge in [-0.05, 0) is 57.7 Å². The van der Waals surface area contributed by atoms with Crippen molar-refractivity contribution < 1.29 is 22.7 Å². The summed E-state index contributed by atoms with van der Waals surface area (Å²) in [6.07, 6.45) is 5.35. The summed E-state index contributed by atoms with van der Waals surface area (Å²) in [5, 5.41) is 0. The number of likely N-dealkylation sites (tertiary alicyclic amines) is 1. The minimum Gasteiger partial charge on any atom is -0.488 e. The Hall–Kier alpha value is -2.61. The fourth-order valence-electron chi connectivity index (χ4n) is 4.25. The molecule has 1 aromatic heterocycles. The molecule has 0 aliphatic carbocycles. The predicted octanol–water partition coefficient (Wildman–Crippen LogP) is 4.10. The van der Waals surface area contributed by atoms with Gasteiger partial charge in [-0.1, -0.05) is 12.1 Å². The van der Waals surface area contributed by atoms with Crippen LogP contribution in [0, 0.1) is 5.92 Å². The molecule has 4 rings (SSSR count). The van der Waals surface area contributed by atoms with Crippen LogP contribution in [-0.2, 0) is 21.0 Å². The number of benzene rings is 1. The Balaban J connectivity index is 1.38. The maximum atomic E-state index is 12.3. The second-order valence-corrected chi connectivity index (χ2v) is 11.7. The van der Waals surface area contributed by atoms with Crippen LogP contribution in [-0.4, -0.2) is 55.4 Å². The summed E-state index contributed by atoms with van der Waals surface area (Å²) in [5.41, 5.74) is 2.30. The maximum Gasteiger partial charge on any atom is 0.410 e. The van der Waals surface area contributed by atoms with Crippen LogP contribution in [0.2, 0.25) is 0 Å². The van der Waals surface area contributed by atoms with Crippen LogP contribution < -0.4 is 4.74 Å². The van der Waals surface area contributed by atoms with E-state index in [1.54, 1.807) is 35.4 Å². The molecule has 1 aromatic carbocycles. The van der Waals surface area contributed by atoms with Crippen molar-refractivity contribution in [1.29, 1.82) is 0 Å². The van der Waals surface area contributed by atoms with Crippen LogP contribution in [0.4, 0.5) is 4.79 Å². The molecule has 0 saturated carbocycles. The first kappa shape index (κ1) is 22.6. The van der Waals surface area contributed by atoms with Crippen molar-refractivity contribution >= 4 is 15.9 Å². The monoisotopic (exact) mass is 458 g/mol. The molecule has 1 fully saturated rings. The molecule has 172 valence electrons. The van der Waals surface area contributed by atoms with Crippen molar-refractivity contribution in [3.8, 4) is 17.0 Å². The van der Waals surface area contributed by atoms with Gasteiger partial charge in [0.05, 0.1) is 16.8 Å². The van der Waals surface area contributed by atoms with Crippen molar-refractivity contribution in [2.75, 3.05) is 19.3 Å². The highest BCUT2D eigenvalue weighted by Crippen LogP contribution is 2.36. The van der Waals surface area contributed by atoms with E-state index in [1.165, 1.54) is 6.26 Å². The van der Waals surface area contributed by atoms with Crippen LogP contribution in [0.25, 0.3) is 11.3 Å². The smallest absolute Gasteiger partial charge is 0.410 e. The van der Waals surface area contributed by atoms with Crippen LogP contribution in [0.3, 0.4) is 0 Å². The number of amides is 1. The fourth-order valence-corrected chi connectivity index (χ4v) is 4.88. The molecule has 2 aromatic rings. The molecule has 3 heterocycles. The molecule has 0 unspecified atom stereocenters. The van der Waals surface area contributed by atoms with Gasteiger partial charge in [0.15, 0.2) is 9.84 Å². The van der Waals surface area contributed by atoms with Gasteiger partial charge in [-0.3, -0.25) is 4.98 Å². The zero-order valence-electron chi connectivity index (χ0n) is 19.0. The zero-order valence-corrected chi connectivity index (χ0v) is 19.8. The number of fused-ring (bicyclic) bond motifs is 1. The SMILES string of the molecule is CC(C)(C)OC(=O)N1CCC([C@H]2Cc3cc(-c4ccc(S(C)(=O)=O)cc4)ncc3O2)CC1. The third kappa shape index (κ3) is 5.06.